The van der Waals surface area contributed by atoms with Gasteiger partial charge in [-0.3, -0.25) is 9.59 Å². The maximum absolute atomic E-state index is 13.7. The van der Waals surface area contributed by atoms with E-state index in [1.54, 1.807) is 0 Å². The molecule has 1 aliphatic carbocycles. The summed E-state index contributed by atoms with van der Waals surface area (Å²) in [4.78, 5) is 23.0. The molecule has 0 aromatic rings. The molecule has 88 valence electrons. The van der Waals surface area contributed by atoms with E-state index >= 15 is 0 Å². The summed E-state index contributed by atoms with van der Waals surface area (Å²) in [5.74, 6) is -3.77. The number of rotatable bonds is 0. The largest absolute Gasteiger partial charge is 0.293 e. The van der Waals surface area contributed by atoms with Gasteiger partial charge in [0.2, 0.25) is 22.4 Å². The Kier molecular flexibility index (Phi) is 2.85. The highest BCUT2D eigenvalue weighted by molar-refractivity contribution is 6.12. The summed E-state index contributed by atoms with van der Waals surface area (Å²) < 4.78 is 27.4. The minimum absolute atomic E-state index is 0.948. The minimum atomic E-state index is -3.15. The molecule has 8 heteroatoms. The van der Waals surface area contributed by atoms with Crippen molar-refractivity contribution in [2.45, 2.75) is 12.3 Å². The molecule has 0 radical (unpaired) electrons. The van der Waals surface area contributed by atoms with Gasteiger partial charge in [-0.25, -0.2) is 8.78 Å². The van der Waals surface area contributed by atoms with Gasteiger partial charge in [0.25, 0.3) is 0 Å². The van der Waals surface area contributed by atoms with Crippen LogP contribution in [-0.4, -0.2) is 23.9 Å². The number of carbonyl (C=O) groups excluding carboxylic acids is 2. The van der Waals surface area contributed by atoms with Crippen LogP contribution < -0.4 is 0 Å². The fourth-order valence-electron chi connectivity index (χ4n) is 1.54. The van der Waals surface area contributed by atoms with Gasteiger partial charge >= 0.3 is 0 Å². The van der Waals surface area contributed by atoms with Crippen LogP contribution in [0.1, 0.15) is 0 Å². The lowest BCUT2D eigenvalue weighted by molar-refractivity contribution is -0.152. The van der Waals surface area contributed by atoms with Crippen LogP contribution in [-0.2, 0) is 9.59 Å². The third-order valence-electron chi connectivity index (χ3n) is 2.70. The van der Waals surface area contributed by atoms with Crippen molar-refractivity contribution in [3.63, 3.8) is 0 Å². The fourth-order valence-corrected chi connectivity index (χ4v) is 1.54. The topological polar surface area (TPSA) is 129 Å². The number of alkyl halides is 2. The normalized spacial score (nSPS) is 28.3. The van der Waals surface area contributed by atoms with Crippen molar-refractivity contribution >= 4 is 11.6 Å². The summed E-state index contributed by atoms with van der Waals surface area (Å²) in [7, 11) is 0. The maximum atomic E-state index is 13.7. The van der Waals surface area contributed by atoms with E-state index in [2.05, 4.69) is 0 Å². The molecular weight excluding hydrogens is 246 g/mol. The lowest BCUT2D eigenvalue weighted by Crippen LogP contribution is -2.61. The van der Waals surface area contributed by atoms with Gasteiger partial charge in [0.05, 0.1) is 24.3 Å². The fraction of sp³-hybridized carbons (Fsp3) is 0.400. The Bertz CT molecular complexity index is 519. The predicted molar refractivity (Wildman–Crippen MR) is 47.1 cm³/mol. The van der Waals surface area contributed by atoms with Gasteiger partial charge < -0.3 is 0 Å². The first kappa shape index (κ1) is 13.2. The number of hydrogen-bond donors (Lipinski definition) is 0. The average Bonchev–Trinajstić information content (AvgIpc) is 2.40. The highest BCUT2D eigenvalue weighted by Gasteiger charge is 2.69. The van der Waals surface area contributed by atoms with Crippen LogP contribution >= 0.6 is 0 Å². The van der Waals surface area contributed by atoms with Gasteiger partial charge in [-0.1, -0.05) is 0 Å². The Morgan fingerprint density at radius 1 is 0.778 bits per heavy atom. The van der Waals surface area contributed by atoms with Crippen LogP contribution in [0.5, 0.6) is 0 Å². The van der Waals surface area contributed by atoms with E-state index in [1.165, 1.54) is 0 Å². The molecule has 0 bridgehead atoms. The summed E-state index contributed by atoms with van der Waals surface area (Å²) in [6.07, 6.45) is -6.07. The molecular formula is C10H2F2N4O2. The third-order valence-corrected chi connectivity index (χ3v) is 2.70. The van der Waals surface area contributed by atoms with Crippen molar-refractivity contribution in [1.82, 2.24) is 0 Å². The van der Waals surface area contributed by atoms with E-state index < -0.39 is 34.7 Å². The second-order valence-electron chi connectivity index (χ2n) is 3.52. The lowest BCUT2D eigenvalue weighted by atomic mass is 9.62. The van der Waals surface area contributed by atoms with Crippen LogP contribution in [0.3, 0.4) is 0 Å². The van der Waals surface area contributed by atoms with E-state index in [0.29, 0.717) is 0 Å². The highest BCUT2D eigenvalue weighted by atomic mass is 19.1. The van der Waals surface area contributed by atoms with Gasteiger partial charge in [0.1, 0.15) is 0 Å². The Balaban J connectivity index is 3.61. The van der Waals surface area contributed by atoms with Crippen LogP contribution in [0.2, 0.25) is 0 Å². The number of nitrogens with zero attached hydrogens (tertiary/aromatic N) is 4. The molecule has 6 nitrogen and oxygen atoms in total. The molecule has 18 heavy (non-hydrogen) atoms. The van der Waals surface area contributed by atoms with Crippen molar-refractivity contribution in [2.75, 3.05) is 0 Å². The number of ketones is 2. The first-order chi connectivity index (χ1) is 8.37. The van der Waals surface area contributed by atoms with Crippen LogP contribution in [0.25, 0.3) is 0 Å². The monoisotopic (exact) mass is 248 g/mol. The molecule has 0 N–H and O–H groups in total. The van der Waals surface area contributed by atoms with E-state index in [1.807, 2.05) is 0 Å². The first-order valence-corrected chi connectivity index (χ1v) is 4.39. The van der Waals surface area contributed by atoms with Gasteiger partial charge in [-0.15, -0.1) is 0 Å². The van der Waals surface area contributed by atoms with Crippen molar-refractivity contribution in [1.29, 1.82) is 21.0 Å². The molecule has 0 spiro atoms. The van der Waals surface area contributed by atoms with Crippen LogP contribution in [0.15, 0.2) is 0 Å². The molecule has 0 aromatic heterocycles. The predicted octanol–water partition coefficient (Wildman–Crippen LogP) is -0.118. The van der Waals surface area contributed by atoms with Gasteiger partial charge in [-0.2, -0.15) is 21.0 Å². The highest BCUT2D eigenvalue weighted by Crippen LogP contribution is 2.43. The summed E-state index contributed by atoms with van der Waals surface area (Å²) in [5.41, 5.74) is -6.29. The molecule has 0 aliphatic heterocycles. The molecule has 1 fully saturated rings. The molecule has 1 aliphatic rings. The zero-order valence-corrected chi connectivity index (χ0v) is 8.52. The zero-order chi connectivity index (χ0) is 14.1. The lowest BCUT2D eigenvalue weighted by Gasteiger charge is -2.34. The molecule has 0 heterocycles. The molecule has 1 saturated carbocycles. The summed E-state index contributed by atoms with van der Waals surface area (Å²) in [6.45, 7) is 0. The quantitative estimate of drug-likeness (QED) is 0.587. The number of Topliss-reactive ketones (excluding diaryl/α,β-unsaturated/α-hetero) is 2. The molecule has 2 atom stereocenters. The summed E-state index contributed by atoms with van der Waals surface area (Å²) in [5, 5.41) is 34.5. The molecule has 0 amide bonds. The molecule has 1 rings (SSSR count). The van der Waals surface area contributed by atoms with Gasteiger partial charge in [-0.05, 0) is 0 Å². The average molecular weight is 248 g/mol. The van der Waals surface area contributed by atoms with Gasteiger partial charge in [0, 0.05) is 0 Å². The second kappa shape index (κ2) is 3.87. The second-order valence-corrected chi connectivity index (χ2v) is 3.52. The van der Waals surface area contributed by atoms with E-state index in [0.717, 1.165) is 24.3 Å². The van der Waals surface area contributed by atoms with Crippen molar-refractivity contribution < 1.29 is 18.4 Å². The first-order valence-electron chi connectivity index (χ1n) is 4.39. The number of nitriles is 4. The zero-order valence-electron chi connectivity index (χ0n) is 8.52. The number of halogens is 2. The SMILES string of the molecule is N#CC1(C#N)C(=O)C(F)C(C#N)(C#N)C(=O)C1F. The summed E-state index contributed by atoms with van der Waals surface area (Å²) in [6, 6.07) is 3.79. The smallest absolute Gasteiger partial charge is 0.242 e. The van der Waals surface area contributed by atoms with E-state index in [9.17, 15) is 18.4 Å². The van der Waals surface area contributed by atoms with Gasteiger partial charge in [0.15, 0.2) is 12.3 Å². The standard InChI is InChI=1S/C10H2F2N4O2/c11-5-8(18)10(3-15,4-16)6(12)7(17)9(5,1-13)2-14/h5-6H. The Labute approximate surface area is 99.2 Å². The van der Waals surface area contributed by atoms with E-state index in [-0.39, 0.29) is 0 Å². The van der Waals surface area contributed by atoms with Crippen molar-refractivity contribution in [3.05, 3.63) is 0 Å². The Hall–Kier alpha value is -2.84. The van der Waals surface area contributed by atoms with E-state index in [4.69, 9.17) is 21.0 Å². The maximum Gasteiger partial charge on any atom is 0.242 e. The van der Waals surface area contributed by atoms with Crippen molar-refractivity contribution in [2.24, 2.45) is 10.8 Å². The molecule has 0 aromatic carbocycles. The summed E-state index contributed by atoms with van der Waals surface area (Å²) >= 11 is 0. The van der Waals surface area contributed by atoms with Crippen LogP contribution in [0.4, 0.5) is 8.78 Å². The van der Waals surface area contributed by atoms with Crippen LogP contribution in [0, 0.1) is 56.2 Å². The Morgan fingerprint density at radius 3 is 1.17 bits per heavy atom. The molecule has 2 unspecified atom stereocenters. The minimum Gasteiger partial charge on any atom is -0.293 e. The Morgan fingerprint density at radius 2 is 1.00 bits per heavy atom. The number of carbonyl (C=O) groups is 2. The van der Waals surface area contributed by atoms with Crippen molar-refractivity contribution in [3.8, 4) is 24.3 Å². The number of hydrogen-bond acceptors (Lipinski definition) is 6. The third kappa shape index (κ3) is 1.15. The molecule has 0 saturated heterocycles.